The Morgan fingerprint density at radius 1 is 1.33 bits per heavy atom. The topological polar surface area (TPSA) is 125 Å². The lowest BCUT2D eigenvalue weighted by molar-refractivity contribution is -0.151. The van der Waals surface area contributed by atoms with Crippen LogP contribution in [-0.2, 0) is 19.1 Å². The number of carbonyl (C=O) groups is 3. The summed E-state index contributed by atoms with van der Waals surface area (Å²) in [6, 6.07) is -2.31. The highest BCUT2D eigenvalue weighted by molar-refractivity contribution is 5.90. The highest BCUT2D eigenvalue weighted by Crippen LogP contribution is 2.22. The molecule has 1 fully saturated rings. The third kappa shape index (κ3) is 7.95. The summed E-state index contributed by atoms with van der Waals surface area (Å²) in [6.07, 6.45) is 0.888. The van der Waals surface area contributed by atoms with Gasteiger partial charge in [0, 0.05) is 13.0 Å². The highest BCUT2D eigenvalue weighted by atomic mass is 16.6. The van der Waals surface area contributed by atoms with E-state index in [0.29, 0.717) is 12.8 Å². The van der Waals surface area contributed by atoms with Crippen molar-refractivity contribution in [1.29, 1.82) is 0 Å². The third-order valence-electron chi connectivity index (χ3n) is 4.74. The van der Waals surface area contributed by atoms with Crippen LogP contribution < -0.4 is 5.32 Å². The van der Waals surface area contributed by atoms with Crippen molar-refractivity contribution >= 4 is 18.0 Å². The Kier molecular flexibility index (Phi) is 9.77. The third-order valence-corrected chi connectivity index (χ3v) is 4.74. The summed E-state index contributed by atoms with van der Waals surface area (Å²) in [7, 11) is 0. The van der Waals surface area contributed by atoms with Crippen LogP contribution in [0.15, 0.2) is 12.7 Å². The average molecular weight is 429 g/mol. The smallest absolute Gasteiger partial charge is 0.408 e. The standard InChI is InChI=1S/C21H36N2O7/c1-7-9-10-13(3)29-16(8-2)17(22-20(28)30-21(4,5)6)18(25)23-12-14(24)11-15(23)19(26)27/h7,13-17,24H,1,8-12H2,2-6H3,(H,22,28)(H,26,27)/t13-,14?,15?,16+,17+/m1/s1. The molecule has 1 aliphatic heterocycles. The fourth-order valence-corrected chi connectivity index (χ4v) is 3.35. The van der Waals surface area contributed by atoms with Gasteiger partial charge in [-0.05, 0) is 47.0 Å². The van der Waals surface area contributed by atoms with E-state index < -0.39 is 47.9 Å². The average Bonchev–Trinajstić information content (AvgIpc) is 3.02. The van der Waals surface area contributed by atoms with Crippen LogP contribution >= 0.6 is 0 Å². The molecule has 2 unspecified atom stereocenters. The van der Waals surface area contributed by atoms with E-state index in [1.54, 1.807) is 26.8 Å². The monoisotopic (exact) mass is 428 g/mol. The lowest BCUT2D eigenvalue weighted by Gasteiger charge is -2.33. The van der Waals surface area contributed by atoms with Gasteiger partial charge < -0.3 is 29.9 Å². The first-order valence-corrected chi connectivity index (χ1v) is 10.4. The summed E-state index contributed by atoms with van der Waals surface area (Å²) in [5, 5.41) is 21.9. The molecule has 0 spiro atoms. The van der Waals surface area contributed by atoms with E-state index in [1.165, 1.54) is 0 Å². The number of carbonyl (C=O) groups excluding carboxylic acids is 2. The van der Waals surface area contributed by atoms with Crippen molar-refractivity contribution in [2.75, 3.05) is 6.54 Å². The summed E-state index contributed by atoms with van der Waals surface area (Å²) < 4.78 is 11.3. The zero-order valence-electron chi connectivity index (χ0n) is 18.6. The second kappa shape index (κ2) is 11.3. The number of amides is 2. The van der Waals surface area contributed by atoms with Gasteiger partial charge in [-0.3, -0.25) is 4.79 Å². The normalized spacial score (nSPS) is 22.1. The molecule has 1 saturated heterocycles. The Hall–Kier alpha value is -2.13. The van der Waals surface area contributed by atoms with E-state index in [1.807, 2.05) is 13.8 Å². The number of nitrogens with one attached hydrogen (secondary N) is 1. The minimum atomic E-state index is -1.20. The van der Waals surface area contributed by atoms with E-state index >= 15 is 0 Å². The van der Waals surface area contributed by atoms with Crippen LogP contribution in [0.3, 0.4) is 0 Å². The zero-order valence-corrected chi connectivity index (χ0v) is 18.6. The molecule has 3 N–H and O–H groups in total. The number of nitrogens with zero attached hydrogens (tertiary/aromatic N) is 1. The first-order chi connectivity index (χ1) is 13.9. The molecule has 2 amide bonds. The number of aliphatic hydroxyl groups excluding tert-OH is 1. The molecule has 0 radical (unpaired) electrons. The predicted octanol–water partition coefficient (Wildman–Crippen LogP) is 2.08. The number of aliphatic hydroxyl groups is 1. The van der Waals surface area contributed by atoms with E-state index in [0.717, 1.165) is 11.3 Å². The van der Waals surface area contributed by atoms with Crippen LogP contribution in [0.5, 0.6) is 0 Å². The van der Waals surface area contributed by atoms with Crippen molar-refractivity contribution < 1.29 is 34.1 Å². The predicted molar refractivity (Wildman–Crippen MR) is 111 cm³/mol. The number of ether oxygens (including phenoxy) is 2. The van der Waals surface area contributed by atoms with Gasteiger partial charge in [-0.1, -0.05) is 13.0 Å². The molecule has 0 aromatic rings. The largest absolute Gasteiger partial charge is 0.480 e. The van der Waals surface area contributed by atoms with Gasteiger partial charge in [0.05, 0.1) is 18.3 Å². The fraction of sp³-hybridized carbons (Fsp3) is 0.762. The number of carboxylic acids is 1. The number of carboxylic acid groups (broad SMARTS) is 1. The lowest BCUT2D eigenvalue weighted by atomic mass is 10.1. The zero-order chi connectivity index (χ0) is 23.1. The van der Waals surface area contributed by atoms with Crippen LogP contribution in [0.4, 0.5) is 4.79 Å². The quantitative estimate of drug-likeness (QED) is 0.455. The molecule has 1 rings (SSSR count). The van der Waals surface area contributed by atoms with Crippen molar-refractivity contribution in [1.82, 2.24) is 10.2 Å². The number of alkyl carbamates (subject to hydrolysis) is 1. The minimum Gasteiger partial charge on any atom is -0.480 e. The molecular formula is C21H36N2O7. The maximum Gasteiger partial charge on any atom is 0.408 e. The molecule has 9 nitrogen and oxygen atoms in total. The molecule has 1 heterocycles. The number of hydrogen-bond donors (Lipinski definition) is 3. The Morgan fingerprint density at radius 3 is 2.47 bits per heavy atom. The summed E-state index contributed by atoms with van der Waals surface area (Å²) >= 11 is 0. The van der Waals surface area contributed by atoms with Gasteiger partial charge in [-0.2, -0.15) is 0 Å². The highest BCUT2D eigenvalue weighted by Gasteiger charge is 2.44. The van der Waals surface area contributed by atoms with Crippen molar-refractivity contribution in [2.45, 2.75) is 96.3 Å². The van der Waals surface area contributed by atoms with Crippen LogP contribution in [-0.4, -0.2) is 75.6 Å². The molecule has 5 atom stereocenters. The molecule has 0 aromatic heterocycles. The molecular weight excluding hydrogens is 392 g/mol. The number of allylic oxidation sites excluding steroid dienone is 1. The molecule has 172 valence electrons. The van der Waals surface area contributed by atoms with Crippen LogP contribution in [0.25, 0.3) is 0 Å². The maximum absolute atomic E-state index is 13.3. The second-order valence-electron chi connectivity index (χ2n) is 8.62. The van der Waals surface area contributed by atoms with Crippen molar-refractivity contribution in [3.05, 3.63) is 12.7 Å². The SMILES string of the molecule is C=CCC[C@@H](C)O[C@@H](CC)[C@H](NC(=O)OC(C)(C)C)C(=O)N1CC(O)CC1C(=O)O. The summed E-state index contributed by atoms with van der Waals surface area (Å²) in [4.78, 5) is 38.4. The van der Waals surface area contributed by atoms with Crippen molar-refractivity contribution in [3.63, 3.8) is 0 Å². The first kappa shape index (κ1) is 25.9. The summed E-state index contributed by atoms with van der Waals surface area (Å²) in [5.74, 6) is -1.82. The molecule has 1 aliphatic rings. The van der Waals surface area contributed by atoms with Gasteiger partial charge >= 0.3 is 12.1 Å². The number of rotatable bonds is 10. The minimum absolute atomic E-state index is 0.0619. The van der Waals surface area contributed by atoms with Crippen molar-refractivity contribution in [2.24, 2.45) is 0 Å². The molecule has 9 heteroatoms. The Balaban J connectivity index is 3.11. The number of aliphatic carboxylic acids is 1. The lowest BCUT2D eigenvalue weighted by Crippen LogP contribution is -2.58. The van der Waals surface area contributed by atoms with Gasteiger partial charge in [0.15, 0.2) is 0 Å². The molecule has 0 bridgehead atoms. The van der Waals surface area contributed by atoms with Crippen molar-refractivity contribution in [3.8, 4) is 0 Å². The van der Waals surface area contributed by atoms with E-state index in [2.05, 4.69) is 11.9 Å². The first-order valence-electron chi connectivity index (χ1n) is 10.4. The Bertz CT molecular complexity index is 617. The Morgan fingerprint density at radius 2 is 1.97 bits per heavy atom. The van der Waals surface area contributed by atoms with Gasteiger partial charge in [0.25, 0.3) is 0 Å². The number of hydrogen-bond acceptors (Lipinski definition) is 6. The van der Waals surface area contributed by atoms with Gasteiger partial charge in [0.1, 0.15) is 17.7 Å². The number of β-amino-alcohol motifs (C(OH)–C–C–N with tert-alkyl or cyclic N) is 1. The maximum atomic E-state index is 13.3. The van der Waals surface area contributed by atoms with Gasteiger partial charge in [-0.15, -0.1) is 6.58 Å². The number of likely N-dealkylation sites (tertiary alicyclic amines) is 1. The van der Waals surface area contributed by atoms with Crippen LogP contribution in [0.2, 0.25) is 0 Å². The van der Waals surface area contributed by atoms with E-state index in [-0.39, 0.29) is 19.1 Å². The van der Waals surface area contributed by atoms with Crippen LogP contribution in [0.1, 0.15) is 60.3 Å². The van der Waals surface area contributed by atoms with Crippen LogP contribution in [0, 0.1) is 0 Å². The Labute approximate surface area is 178 Å². The van der Waals surface area contributed by atoms with E-state index in [4.69, 9.17) is 9.47 Å². The van der Waals surface area contributed by atoms with E-state index in [9.17, 15) is 24.6 Å². The second-order valence-corrected chi connectivity index (χ2v) is 8.62. The summed E-state index contributed by atoms with van der Waals surface area (Å²) in [6.45, 7) is 12.3. The van der Waals surface area contributed by atoms with Gasteiger partial charge in [0.2, 0.25) is 5.91 Å². The summed E-state index contributed by atoms with van der Waals surface area (Å²) in [5.41, 5.74) is -0.773. The van der Waals surface area contributed by atoms with Gasteiger partial charge in [-0.25, -0.2) is 9.59 Å². The molecule has 0 saturated carbocycles. The molecule has 0 aromatic carbocycles. The molecule has 30 heavy (non-hydrogen) atoms. The fourth-order valence-electron chi connectivity index (χ4n) is 3.35. The molecule has 0 aliphatic carbocycles.